The molecule has 0 atom stereocenters. The van der Waals surface area contributed by atoms with Gasteiger partial charge in [-0.3, -0.25) is 14.3 Å². The summed E-state index contributed by atoms with van der Waals surface area (Å²) in [6.07, 6.45) is 1.47. The molecule has 2 aromatic heterocycles. The number of halogens is 1. The predicted octanol–water partition coefficient (Wildman–Crippen LogP) is 1.97. The minimum atomic E-state index is -0.695. The summed E-state index contributed by atoms with van der Waals surface area (Å²) in [5, 5.41) is 6.82. The maximum absolute atomic E-state index is 12.3. The second-order valence-corrected chi connectivity index (χ2v) is 6.23. The summed E-state index contributed by atoms with van der Waals surface area (Å²) >= 11 is 6.84. The van der Waals surface area contributed by atoms with E-state index in [0.29, 0.717) is 5.56 Å². The molecule has 0 saturated heterocycles. The number of primary amides is 1. The van der Waals surface area contributed by atoms with Crippen LogP contribution >= 0.6 is 22.9 Å². The molecule has 128 valence electrons. The van der Waals surface area contributed by atoms with Crippen LogP contribution < -0.4 is 11.1 Å². The van der Waals surface area contributed by atoms with Gasteiger partial charge in [-0.25, -0.2) is 4.79 Å². The lowest BCUT2D eigenvalue weighted by molar-refractivity contribution is 0.0527. The van der Waals surface area contributed by atoms with E-state index >= 15 is 0 Å². The standard InChI is InChI=1S/C14H15ClN4O4S/c1-4-23-14(22)8-6(2)10(11(16)20)24-13(8)17-12(21)9-7(15)5-19(3)18-9/h5H,4H2,1-3H3,(H2,16,20)(H,17,21). The van der Waals surface area contributed by atoms with Crippen molar-refractivity contribution in [2.24, 2.45) is 12.8 Å². The SMILES string of the molecule is CCOC(=O)c1c(NC(=O)c2nn(C)cc2Cl)sc(C(N)=O)c1C. The van der Waals surface area contributed by atoms with Crippen molar-refractivity contribution in [3.8, 4) is 0 Å². The summed E-state index contributed by atoms with van der Waals surface area (Å²) in [7, 11) is 1.62. The Morgan fingerprint density at radius 3 is 2.62 bits per heavy atom. The van der Waals surface area contributed by atoms with Crippen LogP contribution in [0.1, 0.15) is 43.0 Å². The van der Waals surface area contributed by atoms with E-state index in [1.54, 1.807) is 20.9 Å². The van der Waals surface area contributed by atoms with E-state index in [9.17, 15) is 14.4 Å². The average molecular weight is 371 g/mol. The number of aromatic nitrogens is 2. The minimum Gasteiger partial charge on any atom is -0.462 e. The van der Waals surface area contributed by atoms with Crippen molar-refractivity contribution in [2.75, 3.05) is 11.9 Å². The van der Waals surface area contributed by atoms with E-state index in [1.165, 1.54) is 10.9 Å². The van der Waals surface area contributed by atoms with Gasteiger partial charge in [-0.15, -0.1) is 11.3 Å². The Morgan fingerprint density at radius 1 is 1.46 bits per heavy atom. The first kappa shape index (κ1) is 18.0. The van der Waals surface area contributed by atoms with Crippen LogP contribution in [-0.2, 0) is 11.8 Å². The third-order valence-corrected chi connectivity index (χ3v) is 4.57. The molecule has 2 rings (SSSR count). The number of thiophene rings is 1. The van der Waals surface area contributed by atoms with E-state index in [1.807, 2.05) is 0 Å². The van der Waals surface area contributed by atoms with Crippen LogP contribution in [0.25, 0.3) is 0 Å². The first-order valence-corrected chi connectivity index (χ1v) is 8.06. The Labute approximate surface area is 146 Å². The van der Waals surface area contributed by atoms with E-state index in [-0.39, 0.29) is 32.8 Å². The Bertz CT molecular complexity index is 827. The van der Waals surface area contributed by atoms with E-state index < -0.39 is 17.8 Å². The van der Waals surface area contributed by atoms with Crippen molar-refractivity contribution in [1.82, 2.24) is 9.78 Å². The topological polar surface area (TPSA) is 116 Å². The summed E-state index contributed by atoms with van der Waals surface area (Å²) in [5.74, 6) is -1.95. The Morgan fingerprint density at radius 2 is 2.12 bits per heavy atom. The molecule has 2 heterocycles. The lowest BCUT2D eigenvalue weighted by Crippen LogP contribution is -2.16. The third kappa shape index (κ3) is 3.41. The first-order chi connectivity index (χ1) is 11.3. The number of aryl methyl sites for hydroxylation is 1. The molecule has 0 aliphatic heterocycles. The quantitative estimate of drug-likeness (QED) is 0.780. The normalized spacial score (nSPS) is 10.5. The number of hydrogen-bond donors (Lipinski definition) is 2. The van der Waals surface area contributed by atoms with Crippen molar-refractivity contribution in [1.29, 1.82) is 0 Å². The third-order valence-electron chi connectivity index (χ3n) is 3.08. The van der Waals surface area contributed by atoms with Crippen molar-refractivity contribution >= 4 is 45.7 Å². The van der Waals surface area contributed by atoms with Crippen molar-refractivity contribution in [3.05, 3.63) is 32.9 Å². The van der Waals surface area contributed by atoms with E-state index in [2.05, 4.69) is 10.4 Å². The highest BCUT2D eigenvalue weighted by Crippen LogP contribution is 2.34. The number of ether oxygens (including phenoxy) is 1. The number of nitrogens with zero attached hydrogens (tertiary/aromatic N) is 2. The van der Waals surface area contributed by atoms with Crippen LogP contribution in [0.3, 0.4) is 0 Å². The summed E-state index contributed by atoms with van der Waals surface area (Å²) in [6.45, 7) is 3.37. The van der Waals surface area contributed by atoms with Gasteiger partial charge in [-0.1, -0.05) is 11.6 Å². The molecule has 24 heavy (non-hydrogen) atoms. The van der Waals surface area contributed by atoms with Crippen molar-refractivity contribution in [2.45, 2.75) is 13.8 Å². The van der Waals surface area contributed by atoms with Gasteiger partial charge < -0.3 is 15.8 Å². The van der Waals surface area contributed by atoms with Crippen LogP contribution in [-0.4, -0.2) is 34.2 Å². The van der Waals surface area contributed by atoms with E-state index in [4.69, 9.17) is 22.1 Å². The molecule has 8 nitrogen and oxygen atoms in total. The number of esters is 1. The molecule has 0 unspecified atom stereocenters. The molecule has 0 saturated carbocycles. The number of amides is 2. The van der Waals surface area contributed by atoms with Gasteiger partial charge in [0.2, 0.25) is 0 Å². The van der Waals surface area contributed by atoms with Gasteiger partial charge in [0.25, 0.3) is 11.8 Å². The zero-order valence-electron chi connectivity index (χ0n) is 13.2. The molecule has 10 heteroatoms. The molecule has 0 bridgehead atoms. The summed E-state index contributed by atoms with van der Waals surface area (Å²) < 4.78 is 6.36. The molecule has 0 fully saturated rings. The van der Waals surface area contributed by atoms with Gasteiger partial charge in [0, 0.05) is 13.2 Å². The number of rotatable bonds is 5. The molecule has 0 aliphatic rings. The Balaban J connectivity index is 2.43. The van der Waals surface area contributed by atoms with Crippen LogP contribution in [0, 0.1) is 6.92 Å². The van der Waals surface area contributed by atoms with Gasteiger partial charge in [0.05, 0.1) is 22.1 Å². The summed E-state index contributed by atoms with van der Waals surface area (Å²) in [5.41, 5.74) is 5.76. The second kappa shape index (κ2) is 7.02. The van der Waals surface area contributed by atoms with Crippen LogP contribution in [0.4, 0.5) is 5.00 Å². The maximum Gasteiger partial charge on any atom is 0.341 e. The lowest BCUT2D eigenvalue weighted by Gasteiger charge is -2.06. The average Bonchev–Trinajstić information content (AvgIpc) is 2.98. The Kier molecular flexibility index (Phi) is 5.25. The van der Waals surface area contributed by atoms with E-state index in [0.717, 1.165) is 11.3 Å². The number of carbonyl (C=O) groups excluding carboxylic acids is 3. The molecule has 2 amide bonds. The lowest BCUT2D eigenvalue weighted by atomic mass is 10.1. The highest BCUT2D eigenvalue weighted by atomic mass is 35.5. The fourth-order valence-corrected chi connectivity index (χ4v) is 3.37. The number of hydrogen-bond acceptors (Lipinski definition) is 6. The fourth-order valence-electron chi connectivity index (χ4n) is 2.06. The van der Waals surface area contributed by atoms with Gasteiger partial charge >= 0.3 is 5.97 Å². The van der Waals surface area contributed by atoms with Crippen molar-refractivity contribution < 1.29 is 19.1 Å². The monoisotopic (exact) mass is 370 g/mol. The van der Waals surface area contributed by atoms with Gasteiger partial charge in [0.15, 0.2) is 5.69 Å². The molecule has 0 aromatic carbocycles. The van der Waals surface area contributed by atoms with Crippen LogP contribution in [0.15, 0.2) is 6.20 Å². The number of carbonyl (C=O) groups is 3. The first-order valence-electron chi connectivity index (χ1n) is 6.87. The zero-order valence-corrected chi connectivity index (χ0v) is 14.7. The summed E-state index contributed by atoms with van der Waals surface area (Å²) in [4.78, 5) is 36.2. The minimum absolute atomic E-state index is 0.000605. The Hall–Kier alpha value is -2.39. The number of nitrogens with two attached hydrogens (primary N) is 1. The van der Waals surface area contributed by atoms with Crippen LogP contribution in [0.2, 0.25) is 5.02 Å². The van der Waals surface area contributed by atoms with Crippen molar-refractivity contribution in [3.63, 3.8) is 0 Å². The second-order valence-electron chi connectivity index (χ2n) is 4.80. The fraction of sp³-hybridized carbons (Fsp3) is 0.286. The number of anilines is 1. The predicted molar refractivity (Wildman–Crippen MR) is 89.7 cm³/mol. The summed E-state index contributed by atoms with van der Waals surface area (Å²) in [6, 6.07) is 0. The van der Waals surface area contributed by atoms with Crippen LogP contribution in [0.5, 0.6) is 0 Å². The molecule has 0 radical (unpaired) electrons. The van der Waals surface area contributed by atoms with Gasteiger partial charge in [-0.2, -0.15) is 5.10 Å². The maximum atomic E-state index is 12.3. The molecule has 0 spiro atoms. The molecule has 0 aliphatic carbocycles. The van der Waals surface area contributed by atoms with Gasteiger partial charge in [0.1, 0.15) is 5.00 Å². The highest BCUT2D eigenvalue weighted by Gasteiger charge is 2.27. The van der Waals surface area contributed by atoms with Gasteiger partial charge in [-0.05, 0) is 19.4 Å². The smallest absolute Gasteiger partial charge is 0.341 e. The molecule has 2 aromatic rings. The zero-order chi connectivity index (χ0) is 18.0. The largest absolute Gasteiger partial charge is 0.462 e. The highest BCUT2D eigenvalue weighted by molar-refractivity contribution is 7.18. The molecular formula is C14H15ClN4O4S. The number of nitrogens with one attached hydrogen (secondary N) is 1. The molecular weight excluding hydrogens is 356 g/mol. The molecule has 3 N–H and O–H groups in total.